The largest absolute Gasteiger partial charge is 0.487 e. The molecular formula is C34H55N3O4. The molecule has 0 saturated carbocycles. The van der Waals surface area contributed by atoms with Gasteiger partial charge in [-0.05, 0) is 93.4 Å². The quantitative estimate of drug-likeness (QED) is 0.0577. The van der Waals surface area contributed by atoms with E-state index < -0.39 is 5.97 Å². The maximum absolute atomic E-state index is 12.5. The molecule has 7 heteroatoms. The SMILES string of the molecule is Cc1c(C)c2c(c(C)c1OC(=O)CCC(=O)CN=[N+]=[N-])CC[C@@](C)(CCC[C@@H](C)CCC[C@@H](C)CCCC(C)C)O2. The van der Waals surface area contributed by atoms with Crippen LogP contribution in [0.3, 0.4) is 0 Å². The normalized spacial score (nSPS) is 17.8. The van der Waals surface area contributed by atoms with Crippen LogP contribution in [-0.2, 0) is 16.0 Å². The zero-order valence-electron chi connectivity index (χ0n) is 27.1. The number of azide groups is 1. The Morgan fingerprint density at radius 2 is 1.54 bits per heavy atom. The van der Waals surface area contributed by atoms with E-state index in [4.69, 9.17) is 15.0 Å². The Balaban J connectivity index is 1.88. The monoisotopic (exact) mass is 569 g/mol. The minimum Gasteiger partial charge on any atom is -0.487 e. The van der Waals surface area contributed by atoms with E-state index in [2.05, 4.69) is 44.6 Å². The van der Waals surface area contributed by atoms with Crippen molar-refractivity contribution in [2.45, 2.75) is 144 Å². The second-order valence-corrected chi connectivity index (χ2v) is 13.3. The fraction of sp³-hybridized carbons (Fsp3) is 0.765. The summed E-state index contributed by atoms with van der Waals surface area (Å²) in [5.41, 5.74) is 12.1. The molecule has 0 saturated heterocycles. The molecule has 230 valence electrons. The zero-order chi connectivity index (χ0) is 30.6. The van der Waals surface area contributed by atoms with Gasteiger partial charge in [0.05, 0.1) is 13.0 Å². The Morgan fingerprint density at radius 3 is 2.15 bits per heavy atom. The first-order valence-electron chi connectivity index (χ1n) is 15.9. The summed E-state index contributed by atoms with van der Waals surface area (Å²) in [5, 5.41) is 3.25. The first kappa shape index (κ1) is 34.7. The van der Waals surface area contributed by atoms with Crippen molar-refractivity contribution in [1.82, 2.24) is 0 Å². The number of ketones is 1. The zero-order valence-corrected chi connectivity index (χ0v) is 27.1. The average Bonchev–Trinajstić information content (AvgIpc) is 2.91. The fourth-order valence-corrected chi connectivity index (χ4v) is 6.01. The second-order valence-electron chi connectivity index (χ2n) is 13.3. The van der Waals surface area contributed by atoms with E-state index in [1.165, 1.54) is 51.4 Å². The summed E-state index contributed by atoms with van der Waals surface area (Å²) in [6, 6.07) is 0. The number of fused-ring (bicyclic) bond motifs is 1. The number of nitrogens with zero attached hydrogens (tertiary/aromatic N) is 3. The predicted molar refractivity (Wildman–Crippen MR) is 167 cm³/mol. The lowest BCUT2D eigenvalue weighted by Gasteiger charge is -2.38. The van der Waals surface area contributed by atoms with Gasteiger partial charge in [0.2, 0.25) is 0 Å². The van der Waals surface area contributed by atoms with Gasteiger partial charge < -0.3 is 9.47 Å². The molecule has 1 aliphatic heterocycles. The summed E-state index contributed by atoms with van der Waals surface area (Å²) >= 11 is 0. The Bertz CT molecular complexity index is 1080. The van der Waals surface area contributed by atoms with Crippen LogP contribution in [0.2, 0.25) is 0 Å². The summed E-state index contributed by atoms with van der Waals surface area (Å²) in [4.78, 5) is 26.8. The maximum Gasteiger partial charge on any atom is 0.311 e. The number of benzene rings is 1. The molecule has 0 unspecified atom stereocenters. The van der Waals surface area contributed by atoms with E-state index in [9.17, 15) is 9.59 Å². The van der Waals surface area contributed by atoms with Gasteiger partial charge in [-0.25, -0.2) is 0 Å². The Hall–Kier alpha value is -2.53. The first-order chi connectivity index (χ1) is 19.4. The third-order valence-electron chi connectivity index (χ3n) is 8.97. The molecule has 1 aromatic carbocycles. The highest BCUT2D eigenvalue weighted by Gasteiger charge is 2.34. The van der Waals surface area contributed by atoms with E-state index in [0.717, 1.165) is 65.0 Å². The number of hydrogen-bond donors (Lipinski definition) is 0. The molecule has 0 aliphatic carbocycles. The van der Waals surface area contributed by atoms with Crippen molar-refractivity contribution in [3.05, 3.63) is 32.7 Å². The summed E-state index contributed by atoms with van der Waals surface area (Å²) in [6.07, 6.45) is 13.3. The number of rotatable bonds is 18. The van der Waals surface area contributed by atoms with Crippen molar-refractivity contribution in [3.63, 3.8) is 0 Å². The van der Waals surface area contributed by atoms with Crippen LogP contribution in [0.1, 0.15) is 134 Å². The molecule has 0 radical (unpaired) electrons. The molecule has 0 N–H and O–H groups in total. The van der Waals surface area contributed by atoms with Crippen LogP contribution in [0.4, 0.5) is 0 Å². The number of carbonyl (C=O) groups is 2. The van der Waals surface area contributed by atoms with Crippen molar-refractivity contribution in [1.29, 1.82) is 0 Å². The summed E-state index contributed by atoms with van der Waals surface area (Å²) in [7, 11) is 0. The molecule has 1 aliphatic rings. The number of hydrogen-bond acceptors (Lipinski definition) is 5. The Kier molecular flexibility index (Phi) is 14.2. The third kappa shape index (κ3) is 11.3. The fourth-order valence-electron chi connectivity index (χ4n) is 6.01. The first-order valence-corrected chi connectivity index (χ1v) is 15.9. The van der Waals surface area contributed by atoms with E-state index in [1.54, 1.807) is 0 Å². The van der Waals surface area contributed by atoms with Crippen molar-refractivity contribution in [3.8, 4) is 11.5 Å². The second kappa shape index (κ2) is 16.8. The van der Waals surface area contributed by atoms with Gasteiger partial charge in [-0.2, -0.15) is 0 Å². The topological polar surface area (TPSA) is 101 Å². The van der Waals surface area contributed by atoms with Gasteiger partial charge in [-0.1, -0.05) is 77.8 Å². The highest BCUT2D eigenvalue weighted by molar-refractivity contribution is 5.85. The van der Waals surface area contributed by atoms with Gasteiger partial charge in [-0.3, -0.25) is 9.59 Å². The number of carbonyl (C=O) groups excluding carboxylic acids is 2. The molecule has 0 aromatic heterocycles. The molecule has 2 rings (SSSR count). The maximum atomic E-state index is 12.5. The minimum absolute atomic E-state index is 0.00246. The highest BCUT2D eigenvalue weighted by Crippen LogP contribution is 2.45. The van der Waals surface area contributed by atoms with Gasteiger partial charge in [0.1, 0.15) is 22.9 Å². The highest BCUT2D eigenvalue weighted by atomic mass is 16.5. The lowest BCUT2D eigenvalue weighted by Crippen LogP contribution is -2.37. The lowest BCUT2D eigenvalue weighted by atomic mass is 9.83. The molecule has 1 heterocycles. The molecule has 7 nitrogen and oxygen atoms in total. The van der Waals surface area contributed by atoms with Gasteiger partial charge in [0.15, 0.2) is 0 Å². The molecule has 3 atom stereocenters. The van der Waals surface area contributed by atoms with Crippen molar-refractivity contribution >= 4 is 11.8 Å². The smallest absolute Gasteiger partial charge is 0.311 e. The third-order valence-corrected chi connectivity index (χ3v) is 8.97. The van der Waals surface area contributed by atoms with Gasteiger partial charge >= 0.3 is 5.97 Å². The standard InChI is InChI=1S/C34H55N3O4/c1-23(2)12-9-13-24(3)14-10-15-25(4)16-11-20-34(8)21-19-30-28(7)32(26(5)27(6)33(30)41-34)40-31(39)18-17-29(38)22-36-37-35/h23-25H,9-22H2,1-8H3/t24-,25-,34+/m0/s1. The predicted octanol–water partition coefficient (Wildman–Crippen LogP) is 9.70. The van der Waals surface area contributed by atoms with Crippen LogP contribution in [-0.4, -0.2) is 23.9 Å². The van der Waals surface area contributed by atoms with Crippen LogP contribution in [0, 0.1) is 38.5 Å². The number of ether oxygens (including phenoxy) is 2. The minimum atomic E-state index is -0.457. The number of Topliss-reactive ketones (excluding diaryl/α,β-unsaturated/α-hetero) is 1. The van der Waals surface area contributed by atoms with Gasteiger partial charge in [0.25, 0.3) is 0 Å². The van der Waals surface area contributed by atoms with Gasteiger partial charge in [0, 0.05) is 16.9 Å². The van der Waals surface area contributed by atoms with Crippen molar-refractivity contribution in [2.24, 2.45) is 22.9 Å². The van der Waals surface area contributed by atoms with Crippen LogP contribution < -0.4 is 9.47 Å². The van der Waals surface area contributed by atoms with Crippen LogP contribution in [0.5, 0.6) is 11.5 Å². The average molecular weight is 570 g/mol. The molecule has 0 fully saturated rings. The summed E-state index contributed by atoms with van der Waals surface area (Å²) in [5.74, 6) is 3.18. The molecule has 0 amide bonds. The van der Waals surface area contributed by atoms with Gasteiger partial charge in [-0.15, -0.1) is 0 Å². The Morgan fingerprint density at radius 1 is 0.927 bits per heavy atom. The lowest BCUT2D eigenvalue weighted by molar-refractivity contribution is -0.136. The van der Waals surface area contributed by atoms with E-state index in [-0.39, 0.29) is 30.8 Å². The number of esters is 1. The van der Waals surface area contributed by atoms with Crippen molar-refractivity contribution < 1.29 is 19.1 Å². The van der Waals surface area contributed by atoms with E-state index in [1.807, 2.05) is 20.8 Å². The summed E-state index contributed by atoms with van der Waals surface area (Å²) in [6.45, 7) is 17.4. The Labute approximate surface area is 248 Å². The molecular weight excluding hydrogens is 514 g/mol. The van der Waals surface area contributed by atoms with Crippen LogP contribution in [0.25, 0.3) is 10.4 Å². The molecule has 1 aromatic rings. The van der Waals surface area contributed by atoms with Crippen LogP contribution >= 0.6 is 0 Å². The molecule has 0 spiro atoms. The van der Waals surface area contributed by atoms with Crippen LogP contribution in [0.15, 0.2) is 5.11 Å². The van der Waals surface area contributed by atoms with E-state index in [0.29, 0.717) is 5.75 Å². The van der Waals surface area contributed by atoms with E-state index >= 15 is 0 Å². The molecule has 41 heavy (non-hydrogen) atoms. The molecule has 0 bridgehead atoms. The summed E-state index contributed by atoms with van der Waals surface area (Å²) < 4.78 is 12.5. The van der Waals surface area contributed by atoms with Crippen molar-refractivity contribution in [2.75, 3.05) is 6.54 Å².